The summed E-state index contributed by atoms with van der Waals surface area (Å²) in [6.07, 6.45) is 2.47. The van der Waals surface area contributed by atoms with Crippen LogP contribution in [-0.2, 0) is 9.59 Å². The van der Waals surface area contributed by atoms with Crippen LogP contribution in [0.5, 0.6) is 0 Å². The van der Waals surface area contributed by atoms with Crippen molar-refractivity contribution in [2.45, 2.75) is 37.8 Å². The maximum absolute atomic E-state index is 11.9. The first-order chi connectivity index (χ1) is 8.25. The van der Waals surface area contributed by atoms with Crippen molar-refractivity contribution in [2.24, 2.45) is 0 Å². The van der Waals surface area contributed by atoms with Crippen molar-refractivity contribution in [1.82, 2.24) is 4.90 Å². The van der Waals surface area contributed by atoms with E-state index in [4.69, 9.17) is 0 Å². The molecular weight excluding hydrogens is 214 g/mol. The first-order valence-electron chi connectivity index (χ1n) is 6.13. The summed E-state index contributed by atoms with van der Waals surface area (Å²) >= 11 is 0. The summed E-state index contributed by atoms with van der Waals surface area (Å²) in [4.78, 5) is 25.6. The van der Waals surface area contributed by atoms with Crippen LogP contribution < -0.4 is 0 Å². The molecule has 88 valence electrons. The van der Waals surface area contributed by atoms with E-state index in [1.165, 1.54) is 0 Å². The predicted octanol–water partition coefficient (Wildman–Crippen LogP) is 2.08. The fourth-order valence-electron chi connectivity index (χ4n) is 3.00. The minimum absolute atomic E-state index is 0.0301. The minimum Gasteiger partial charge on any atom is -0.332 e. The highest BCUT2D eigenvalue weighted by atomic mass is 16.2. The Balaban J connectivity index is 1.96. The largest absolute Gasteiger partial charge is 0.332 e. The third-order valence-corrected chi connectivity index (χ3v) is 3.78. The Bertz CT molecular complexity index is 455. The third kappa shape index (κ3) is 1.75. The summed E-state index contributed by atoms with van der Waals surface area (Å²) in [5, 5.41) is 0. The molecule has 0 spiro atoms. The molecule has 2 saturated heterocycles. The average molecular weight is 229 g/mol. The van der Waals surface area contributed by atoms with E-state index >= 15 is 0 Å². The first kappa shape index (κ1) is 10.5. The number of rotatable bonds is 1. The average Bonchev–Trinajstić information content (AvgIpc) is 2.71. The lowest BCUT2D eigenvalue weighted by atomic mass is 9.91. The third-order valence-electron chi connectivity index (χ3n) is 3.78. The normalized spacial score (nSPS) is 28.4. The summed E-state index contributed by atoms with van der Waals surface area (Å²) in [6.45, 7) is 0. The van der Waals surface area contributed by atoms with E-state index in [0.717, 1.165) is 12.0 Å². The highest BCUT2D eigenvalue weighted by Gasteiger charge is 2.42. The smallest absolute Gasteiger partial charge is 0.223 e. The van der Waals surface area contributed by atoms with Gasteiger partial charge in [0.25, 0.3) is 0 Å². The highest BCUT2D eigenvalue weighted by Crippen LogP contribution is 2.38. The number of carbonyl (C=O) groups is 2. The van der Waals surface area contributed by atoms with Crippen molar-refractivity contribution in [3.05, 3.63) is 35.9 Å². The van der Waals surface area contributed by atoms with Gasteiger partial charge < -0.3 is 4.90 Å². The van der Waals surface area contributed by atoms with Gasteiger partial charge in [0.2, 0.25) is 5.91 Å². The Hall–Kier alpha value is -1.64. The molecule has 17 heavy (non-hydrogen) atoms. The SMILES string of the molecule is O=C1C[C@@H]2CCC(=O)N2[C@@H](c2ccccc2)C1. The van der Waals surface area contributed by atoms with Crippen molar-refractivity contribution >= 4 is 11.7 Å². The van der Waals surface area contributed by atoms with Gasteiger partial charge in [0.05, 0.1) is 6.04 Å². The predicted molar refractivity (Wildman–Crippen MR) is 63.3 cm³/mol. The number of Topliss-reactive ketones (excluding diaryl/α,β-unsaturated/α-hetero) is 1. The lowest BCUT2D eigenvalue weighted by Gasteiger charge is -2.37. The first-order valence-corrected chi connectivity index (χ1v) is 6.13. The van der Waals surface area contributed by atoms with Gasteiger partial charge in [0.15, 0.2) is 0 Å². The molecule has 0 radical (unpaired) electrons. The van der Waals surface area contributed by atoms with E-state index in [2.05, 4.69) is 0 Å². The van der Waals surface area contributed by atoms with Crippen LogP contribution in [0.1, 0.15) is 37.3 Å². The Morgan fingerprint density at radius 3 is 2.59 bits per heavy atom. The molecule has 0 aliphatic carbocycles. The van der Waals surface area contributed by atoms with Gasteiger partial charge in [0.1, 0.15) is 5.78 Å². The molecule has 2 aliphatic heterocycles. The lowest BCUT2D eigenvalue weighted by Crippen LogP contribution is -2.43. The van der Waals surface area contributed by atoms with Crippen LogP contribution in [0.2, 0.25) is 0 Å². The van der Waals surface area contributed by atoms with Crippen LogP contribution in [0.4, 0.5) is 0 Å². The van der Waals surface area contributed by atoms with Crippen LogP contribution in [-0.4, -0.2) is 22.6 Å². The molecule has 1 amide bonds. The number of carbonyl (C=O) groups excluding carboxylic acids is 2. The van der Waals surface area contributed by atoms with E-state index in [9.17, 15) is 9.59 Å². The van der Waals surface area contributed by atoms with Crippen molar-refractivity contribution in [2.75, 3.05) is 0 Å². The van der Waals surface area contributed by atoms with Crippen LogP contribution in [0.3, 0.4) is 0 Å². The number of ketones is 1. The Morgan fingerprint density at radius 1 is 1.06 bits per heavy atom. The maximum atomic E-state index is 11.9. The number of hydrogen-bond acceptors (Lipinski definition) is 2. The molecular formula is C14H15NO2. The molecule has 0 aromatic heterocycles. The van der Waals surface area contributed by atoms with Gasteiger partial charge in [-0.3, -0.25) is 9.59 Å². The Morgan fingerprint density at radius 2 is 1.82 bits per heavy atom. The molecule has 2 aliphatic rings. The second-order valence-corrected chi connectivity index (χ2v) is 4.87. The molecule has 1 aromatic carbocycles. The maximum Gasteiger partial charge on any atom is 0.223 e. The van der Waals surface area contributed by atoms with Crippen LogP contribution in [0.25, 0.3) is 0 Å². The standard InChI is InChI=1S/C14H15NO2/c16-12-8-11-6-7-14(17)15(11)13(9-12)10-4-2-1-3-5-10/h1-5,11,13H,6-9H2/t11-,13+/m0/s1. The summed E-state index contributed by atoms with van der Waals surface area (Å²) in [7, 11) is 0. The number of nitrogens with zero attached hydrogens (tertiary/aromatic N) is 1. The van der Waals surface area contributed by atoms with Gasteiger partial charge in [0, 0.05) is 25.3 Å². The molecule has 0 saturated carbocycles. The van der Waals surface area contributed by atoms with Crippen LogP contribution in [0, 0.1) is 0 Å². The van der Waals surface area contributed by atoms with E-state index < -0.39 is 0 Å². The second kappa shape index (κ2) is 3.99. The molecule has 2 atom stereocenters. The van der Waals surface area contributed by atoms with E-state index in [-0.39, 0.29) is 23.8 Å². The second-order valence-electron chi connectivity index (χ2n) is 4.87. The van der Waals surface area contributed by atoms with Crippen LogP contribution in [0.15, 0.2) is 30.3 Å². The highest BCUT2D eigenvalue weighted by molar-refractivity contribution is 5.87. The quantitative estimate of drug-likeness (QED) is 0.739. The summed E-state index contributed by atoms with van der Waals surface area (Å²) in [5.74, 6) is 0.492. The van der Waals surface area contributed by atoms with Crippen molar-refractivity contribution in [3.8, 4) is 0 Å². The van der Waals surface area contributed by atoms with Crippen molar-refractivity contribution < 1.29 is 9.59 Å². The summed E-state index contributed by atoms with van der Waals surface area (Å²) in [6, 6.07) is 10.0. The fourth-order valence-corrected chi connectivity index (χ4v) is 3.00. The molecule has 2 heterocycles. The van der Waals surface area contributed by atoms with Gasteiger partial charge in [-0.25, -0.2) is 0 Å². The zero-order chi connectivity index (χ0) is 11.8. The van der Waals surface area contributed by atoms with E-state index in [1.807, 2.05) is 35.2 Å². The number of piperidine rings is 1. The van der Waals surface area contributed by atoms with Crippen molar-refractivity contribution in [1.29, 1.82) is 0 Å². The van der Waals surface area contributed by atoms with E-state index in [0.29, 0.717) is 19.3 Å². The molecule has 3 nitrogen and oxygen atoms in total. The number of amides is 1. The Labute approximate surface area is 100 Å². The van der Waals surface area contributed by atoms with Gasteiger partial charge in [-0.15, -0.1) is 0 Å². The molecule has 2 fully saturated rings. The molecule has 1 aromatic rings. The topological polar surface area (TPSA) is 37.4 Å². The molecule has 0 unspecified atom stereocenters. The van der Waals surface area contributed by atoms with Crippen molar-refractivity contribution in [3.63, 3.8) is 0 Å². The molecule has 3 rings (SSSR count). The lowest BCUT2D eigenvalue weighted by molar-refractivity contribution is -0.136. The van der Waals surface area contributed by atoms with Gasteiger partial charge in [-0.1, -0.05) is 30.3 Å². The molecule has 0 bridgehead atoms. The van der Waals surface area contributed by atoms with E-state index in [1.54, 1.807) is 0 Å². The minimum atomic E-state index is -0.0301. The van der Waals surface area contributed by atoms with Crippen LogP contribution >= 0.6 is 0 Å². The number of benzene rings is 1. The molecule has 3 heteroatoms. The van der Waals surface area contributed by atoms with Gasteiger partial charge in [-0.05, 0) is 12.0 Å². The monoisotopic (exact) mass is 229 g/mol. The number of hydrogen-bond donors (Lipinski definition) is 0. The fraction of sp³-hybridized carbons (Fsp3) is 0.429. The number of fused-ring (bicyclic) bond motifs is 1. The van der Waals surface area contributed by atoms with Gasteiger partial charge >= 0.3 is 0 Å². The summed E-state index contributed by atoms with van der Waals surface area (Å²) in [5.41, 5.74) is 1.08. The van der Waals surface area contributed by atoms with Gasteiger partial charge in [-0.2, -0.15) is 0 Å². The zero-order valence-electron chi connectivity index (χ0n) is 9.63. The molecule has 0 N–H and O–H groups in total. The zero-order valence-corrected chi connectivity index (χ0v) is 9.63. The Kier molecular flexibility index (Phi) is 2.46. The summed E-state index contributed by atoms with van der Waals surface area (Å²) < 4.78 is 0.